The lowest BCUT2D eigenvalue weighted by Gasteiger charge is -2.16. The number of amides is 1. The molecule has 1 aliphatic rings. The van der Waals surface area contributed by atoms with Crippen LogP contribution in [0.4, 0.5) is 5.69 Å². The third kappa shape index (κ3) is 3.52. The van der Waals surface area contributed by atoms with Crippen molar-refractivity contribution < 1.29 is 9.53 Å². The molecule has 1 heterocycles. The number of benzene rings is 2. The Morgan fingerprint density at radius 1 is 1.12 bits per heavy atom. The molecule has 0 atom stereocenters. The summed E-state index contributed by atoms with van der Waals surface area (Å²) in [6, 6.07) is 14.6. The van der Waals surface area contributed by atoms with Gasteiger partial charge in [-0.15, -0.1) is 0 Å². The number of rotatable bonds is 4. The SMILES string of the molecule is CCOc1ccc(N2C(=O)/C(=C/c3ccc(Cl)cc3)N(C)C2=S)cc1. The first-order chi connectivity index (χ1) is 12.0. The molecule has 0 radical (unpaired) electrons. The number of carbonyl (C=O) groups excluding carboxylic acids is 1. The number of nitrogens with zero attached hydrogens (tertiary/aromatic N) is 2. The largest absolute Gasteiger partial charge is 0.494 e. The molecule has 0 aromatic heterocycles. The zero-order valence-corrected chi connectivity index (χ0v) is 15.5. The molecule has 2 aromatic carbocycles. The molecule has 25 heavy (non-hydrogen) atoms. The van der Waals surface area contributed by atoms with E-state index in [1.165, 1.54) is 4.90 Å². The summed E-state index contributed by atoms with van der Waals surface area (Å²) in [6.07, 6.45) is 1.81. The monoisotopic (exact) mass is 372 g/mol. The Bertz CT molecular complexity index is 832. The van der Waals surface area contributed by atoms with E-state index in [1.807, 2.05) is 43.3 Å². The van der Waals surface area contributed by atoms with E-state index in [9.17, 15) is 4.79 Å². The van der Waals surface area contributed by atoms with Gasteiger partial charge >= 0.3 is 0 Å². The van der Waals surface area contributed by atoms with Gasteiger partial charge < -0.3 is 9.64 Å². The van der Waals surface area contributed by atoms with Crippen molar-refractivity contribution in [1.29, 1.82) is 0 Å². The zero-order valence-electron chi connectivity index (χ0n) is 13.9. The summed E-state index contributed by atoms with van der Waals surface area (Å²) in [5, 5.41) is 1.09. The van der Waals surface area contributed by atoms with Crippen LogP contribution in [0.5, 0.6) is 5.75 Å². The van der Waals surface area contributed by atoms with Crippen LogP contribution in [-0.2, 0) is 4.79 Å². The van der Waals surface area contributed by atoms with Gasteiger partial charge in [-0.25, -0.2) is 0 Å². The molecule has 1 amide bonds. The maximum atomic E-state index is 12.9. The number of carbonyl (C=O) groups is 1. The Morgan fingerprint density at radius 3 is 2.36 bits per heavy atom. The van der Waals surface area contributed by atoms with Crippen LogP contribution in [0.15, 0.2) is 54.2 Å². The van der Waals surface area contributed by atoms with Gasteiger partial charge in [0.1, 0.15) is 11.4 Å². The van der Waals surface area contributed by atoms with Crippen molar-refractivity contribution in [2.24, 2.45) is 0 Å². The van der Waals surface area contributed by atoms with Gasteiger partial charge in [-0.2, -0.15) is 0 Å². The number of hydrogen-bond acceptors (Lipinski definition) is 3. The smallest absolute Gasteiger partial charge is 0.281 e. The Hall–Kier alpha value is -2.37. The standard InChI is InChI=1S/C19H17ClN2O2S/c1-3-24-16-10-8-15(9-11-16)22-18(23)17(21(2)19(22)25)12-13-4-6-14(20)7-5-13/h4-12H,3H2,1-2H3/b17-12-. The summed E-state index contributed by atoms with van der Waals surface area (Å²) in [7, 11) is 1.79. The fourth-order valence-electron chi connectivity index (χ4n) is 2.56. The fraction of sp³-hybridized carbons (Fsp3) is 0.158. The van der Waals surface area contributed by atoms with Gasteiger partial charge in [0.25, 0.3) is 5.91 Å². The predicted octanol–water partition coefficient (Wildman–Crippen LogP) is 4.34. The maximum absolute atomic E-state index is 12.9. The van der Waals surface area contributed by atoms with Crippen molar-refractivity contribution in [3.63, 3.8) is 0 Å². The molecule has 0 N–H and O–H groups in total. The Morgan fingerprint density at radius 2 is 1.76 bits per heavy atom. The van der Waals surface area contributed by atoms with Crippen LogP contribution >= 0.6 is 23.8 Å². The molecule has 4 nitrogen and oxygen atoms in total. The lowest BCUT2D eigenvalue weighted by Crippen LogP contribution is -2.31. The molecular formula is C19H17ClN2O2S. The molecule has 0 unspecified atom stereocenters. The van der Waals surface area contributed by atoms with Gasteiger partial charge in [-0.1, -0.05) is 23.7 Å². The zero-order chi connectivity index (χ0) is 18.0. The van der Waals surface area contributed by atoms with Crippen molar-refractivity contribution in [1.82, 2.24) is 4.90 Å². The van der Waals surface area contributed by atoms with Crippen molar-refractivity contribution in [3.05, 3.63) is 64.8 Å². The summed E-state index contributed by atoms with van der Waals surface area (Å²) in [5.74, 6) is 0.598. The second kappa shape index (κ2) is 7.25. The average molecular weight is 373 g/mol. The van der Waals surface area contributed by atoms with Crippen LogP contribution in [0.1, 0.15) is 12.5 Å². The van der Waals surface area contributed by atoms with Gasteiger partial charge in [0.15, 0.2) is 5.11 Å². The maximum Gasteiger partial charge on any atom is 0.281 e. The average Bonchev–Trinajstić information content (AvgIpc) is 2.82. The molecule has 2 aromatic rings. The minimum atomic E-state index is -0.161. The summed E-state index contributed by atoms with van der Waals surface area (Å²) in [4.78, 5) is 16.1. The van der Waals surface area contributed by atoms with E-state index in [-0.39, 0.29) is 5.91 Å². The van der Waals surface area contributed by atoms with Crippen molar-refractivity contribution in [2.45, 2.75) is 6.92 Å². The van der Waals surface area contributed by atoms with Crippen LogP contribution < -0.4 is 9.64 Å². The third-order valence-electron chi connectivity index (χ3n) is 3.84. The van der Waals surface area contributed by atoms with Gasteiger partial charge in [-0.05, 0) is 67.2 Å². The molecule has 3 rings (SSSR count). The highest BCUT2D eigenvalue weighted by Crippen LogP contribution is 2.29. The van der Waals surface area contributed by atoms with Gasteiger partial charge in [0.05, 0.1) is 12.3 Å². The lowest BCUT2D eigenvalue weighted by molar-refractivity contribution is -0.114. The molecule has 6 heteroatoms. The first kappa shape index (κ1) is 17.5. The summed E-state index contributed by atoms with van der Waals surface area (Å²) in [6.45, 7) is 2.52. The van der Waals surface area contributed by atoms with Gasteiger partial charge in [0.2, 0.25) is 0 Å². The van der Waals surface area contributed by atoms with Crippen molar-refractivity contribution >= 4 is 46.6 Å². The second-order valence-electron chi connectivity index (χ2n) is 5.49. The number of likely N-dealkylation sites (N-methyl/N-ethyl adjacent to an activating group) is 1. The molecular weight excluding hydrogens is 356 g/mol. The van der Waals surface area contributed by atoms with E-state index in [0.29, 0.717) is 28.1 Å². The minimum absolute atomic E-state index is 0.161. The second-order valence-corrected chi connectivity index (χ2v) is 6.29. The first-order valence-corrected chi connectivity index (χ1v) is 8.62. The van der Waals surface area contributed by atoms with Crippen LogP contribution in [0.25, 0.3) is 6.08 Å². The molecule has 1 aliphatic heterocycles. The lowest BCUT2D eigenvalue weighted by atomic mass is 10.2. The number of anilines is 1. The summed E-state index contributed by atoms with van der Waals surface area (Å²) in [5.41, 5.74) is 2.11. The highest BCUT2D eigenvalue weighted by Gasteiger charge is 2.36. The quantitative estimate of drug-likeness (QED) is 0.590. The van der Waals surface area contributed by atoms with E-state index in [4.69, 9.17) is 28.6 Å². The van der Waals surface area contributed by atoms with Gasteiger partial charge in [-0.3, -0.25) is 9.69 Å². The summed E-state index contributed by atoms with van der Waals surface area (Å²) < 4.78 is 5.44. The normalized spacial score (nSPS) is 16.0. The van der Waals surface area contributed by atoms with E-state index < -0.39 is 0 Å². The summed E-state index contributed by atoms with van der Waals surface area (Å²) >= 11 is 11.4. The topological polar surface area (TPSA) is 32.8 Å². The van der Waals surface area contributed by atoms with Gasteiger partial charge in [0, 0.05) is 12.1 Å². The van der Waals surface area contributed by atoms with Crippen LogP contribution in [0.2, 0.25) is 5.02 Å². The first-order valence-electron chi connectivity index (χ1n) is 7.83. The molecule has 0 spiro atoms. The molecule has 0 bridgehead atoms. The minimum Gasteiger partial charge on any atom is -0.494 e. The fourth-order valence-corrected chi connectivity index (χ4v) is 2.97. The Labute approximate surface area is 157 Å². The van der Waals surface area contributed by atoms with E-state index in [2.05, 4.69) is 0 Å². The van der Waals surface area contributed by atoms with Crippen molar-refractivity contribution in [2.75, 3.05) is 18.6 Å². The molecule has 0 saturated carbocycles. The molecule has 1 fully saturated rings. The van der Waals surface area contributed by atoms with Crippen LogP contribution in [0.3, 0.4) is 0 Å². The number of thiocarbonyl (C=S) groups is 1. The van der Waals surface area contributed by atoms with E-state index in [0.717, 1.165) is 11.3 Å². The van der Waals surface area contributed by atoms with Crippen LogP contribution in [-0.4, -0.2) is 29.6 Å². The predicted molar refractivity (Wildman–Crippen MR) is 105 cm³/mol. The number of hydrogen-bond donors (Lipinski definition) is 0. The molecule has 1 saturated heterocycles. The highest BCUT2D eigenvalue weighted by molar-refractivity contribution is 7.80. The van der Waals surface area contributed by atoms with Crippen LogP contribution in [0, 0.1) is 0 Å². The Kier molecular flexibility index (Phi) is 5.06. The third-order valence-corrected chi connectivity index (χ3v) is 4.55. The highest BCUT2D eigenvalue weighted by atomic mass is 35.5. The molecule has 128 valence electrons. The van der Waals surface area contributed by atoms with E-state index >= 15 is 0 Å². The van der Waals surface area contributed by atoms with E-state index in [1.54, 1.807) is 30.2 Å². The number of halogens is 1. The number of ether oxygens (including phenoxy) is 1. The van der Waals surface area contributed by atoms with Crippen molar-refractivity contribution in [3.8, 4) is 5.75 Å². The molecule has 0 aliphatic carbocycles. The Balaban J connectivity index is 1.91.